The second-order valence-electron chi connectivity index (χ2n) is 8.83. The molecule has 2 aromatic carbocycles. The van der Waals surface area contributed by atoms with E-state index in [9.17, 15) is 13.2 Å². The molecule has 1 fully saturated rings. The number of hydrogen-bond donors (Lipinski definition) is 1. The van der Waals surface area contributed by atoms with Crippen LogP contribution in [0.1, 0.15) is 48.1 Å². The van der Waals surface area contributed by atoms with Crippen molar-refractivity contribution in [2.45, 2.75) is 45.6 Å². The lowest BCUT2D eigenvalue weighted by molar-refractivity contribution is -0.192. The molecule has 1 aliphatic rings. The summed E-state index contributed by atoms with van der Waals surface area (Å²) >= 11 is 6.68. The molecule has 0 spiro atoms. The molecule has 1 saturated carbocycles. The molecule has 1 aliphatic carbocycles. The number of ether oxygens (including phenoxy) is 2. The van der Waals surface area contributed by atoms with E-state index in [1.807, 2.05) is 19.9 Å². The standard InChI is InChI=1S/C27H28ClF3N2O2/c1-4-34-26-16(3)13-22(21(14-32)17-6-10-19(29)11-7-17)33-24(26)20-12-5-15(2)25(23(20)28)35-27(30,31)18-8-9-18/h5-7,10-13,18,21H,4,8-9,14,32H2,1-3H3. The fourth-order valence-corrected chi connectivity index (χ4v) is 4.44. The van der Waals surface area contributed by atoms with Crippen LogP contribution in [-0.4, -0.2) is 24.2 Å². The first-order chi connectivity index (χ1) is 16.7. The highest BCUT2D eigenvalue weighted by molar-refractivity contribution is 6.35. The van der Waals surface area contributed by atoms with Crippen molar-refractivity contribution in [3.8, 4) is 22.8 Å². The summed E-state index contributed by atoms with van der Waals surface area (Å²) in [6.45, 7) is 6.00. The SMILES string of the molecule is CCOc1c(C)cc(C(CN)c2ccc(F)cc2)nc1-c1ccc(C)c(OC(F)(F)C2CC2)c1Cl. The zero-order chi connectivity index (χ0) is 25.3. The molecule has 4 rings (SSSR count). The van der Waals surface area contributed by atoms with Crippen molar-refractivity contribution in [1.82, 2.24) is 4.98 Å². The summed E-state index contributed by atoms with van der Waals surface area (Å²) < 4.78 is 53.6. The van der Waals surface area contributed by atoms with Crippen LogP contribution in [0.2, 0.25) is 5.02 Å². The van der Waals surface area contributed by atoms with Crippen LogP contribution in [0.5, 0.6) is 11.5 Å². The molecule has 0 aliphatic heterocycles. The van der Waals surface area contributed by atoms with E-state index >= 15 is 0 Å². The maximum absolute atomic E-state index is 14.5. The number of nitrogens with two attached hydrogens (primary N) is 1. The summed E-state index contributed by atoms with van der Waals surface area (Å²) in [6, 6.07) is 11.4. The van der Waals surface area contributed by atoms with Crippen LogP contribution >= 0.6 is 11.6 Å². The molecule has 3 aromatic rings. The van der Waals surface area contributed by atoms with Gasteiger partial charge in [-0.25, -0.2) is 9.37 Å². The van der Waals surface area contributed by atoms with Gasteiger partial charge in [0.15, 0.2) is 0 Å². The predicted octanol–water partition coefficient (Wildman–Crippen LogP) is 7.03. The molecule has 0 radical (unpaired) electrons. The summed E-state index contributed by atoms with van der Waals surface area (Å²) in [4.78, 5) is 4.84. The number of hydrogen-bond acceptors (Lipinski definition) is 4. The van der Waals surface area contributed by atoms with Gasteiger partial charge in [0.25, 0.3) is 0 Å². The Morgan fingerprint density at radius 3 is 2.37 bits per heavy atom. The first-order valence-electron chi connectivity index (χ1n) is 11.6. The lowest BCUT2D eigenvalue weighted by Crippen LogP contribution is -2.27. The third-order valence-corrected chi connectivity index (χ3v) is 6.55. The topological polar surface area (TPSA) is 57.4 Å². The summed E-state index contributed by atoms with van der Waals surface area (Å²) in [5.74, 6) is -1.03. The number of aromatic nitrogens is 1. The number of nitrogens with zero attached hydrogens (tertiary/aromatic N) is 1. The van der Waals surface area contributed by atoms with Crippen molar-refractivity contribution < 1.29 is 22.6 Å². The Balaban J connectivity index is 1.84. The lowest BCUT2D eigenvalue weighted by Gasteiger charge is -2.23. The molecule has 0 amide bonds. The smallest absolute Gasteiger partial charge is 0.400 e. The van der Waals surface area contributed by atoms with Crippen LogP contribution in [0, 0.1) is 25.6 Å². The number of benzene rings is 2. The molecule has 4 nitrogen and oxygen atoms in total. The minimum Gasteiger partial charge on any atom is -0.491 e. The normalized spacial score (nSPS) is 14.6. The highest BCUT2D eigenvalue weighted by Gasteiger charge is 2.50. The van der Waals surface area contributed by atoms with E-state index < -0.39 is 12.0 Å². The van der Waals surface area contributed by atoms with Gasteiger partial charge in [-0.2, -0.15) is 8.78 Å². The molecule has 1 unspecified atom stereocenters. The van der Waals surface area contributed by atoms with E-state index in [1.54, 1.807) is 31.2 Å². The van der Waals surface area contributed by atoms with Crippen molar-refractivity contribution in [3.63, 3.8) is 0 Å². The number of halogens is 4. The highest BCUT2D eigenvalue weighted by atomic mass is 35.5. The molecule has 35 heavy (non-hydrogen) atoms. The Labute approximate surface area is 208 Å². The van der Waals surface area contributed by atoms with Gasteiger partial charge >= 0.3 is 6.11 Å². The van der Waals surface area contributed by atoms with Crippen LogP contribution in [-0.2, 0) is 0 Å². The van der Waals surface area contributed by atoms with Crippen molar-refractivity contribution in [2.24, 2.45) is 11.7 Å². The largest absolute Gasteiger partial charge is 0.491 e. The molecule has 1 atom stereocenters. The molecule has 0 bridgehead atoms. The second kappa shape index (κ2) is 10.1. The third kappa shape index (κ3) is 5.26. The van der Waals surface area contributed by atoms with Crippen LogP contribution in [0.25, 0.3) is 11.3 Å². The number of alkyl halides is 2. The van der Waals surface area contributed by atoms with Crippen LogP contribution < -0.4 is 15.2 Å². The van der Waals surface area contributed by atoms with Crippen LogP contribution in [0.15, 0.2) is 42.5 Å². The Morgan fingerprint density at radius 2 is 1.77 bits per heavy atom. The van der Waals surface area contributed by atoms with Crippen LogP contribution in [0.4, 0.5) is 13.2 Å². The third-order valence-electron chi connectivity index (χ3n) is 6.17. The summed E-state index contributed by atoms with van der Waals surface area (Å²) in [7, 11) is 0. The molecular weight excluding hydrogens is 477 g/mol. The van der Waals surface area contributed by atoms with Gasteiger partial charge in [-0.05, 0) is 68.5 Å². The minimum atomic E-state index is -3.30. The van der Waals surface area contributed by atoms with Gasteiger partial charge < -0.3 is 15.2 Å². The first kappa shape index (κ1) is 25.3. The zero-order valence-corrected chi connectivity index (χ0v) is 20.6. The maximum atomic E-state index is 14.5. The van der Waals surface area contributed by atoms with Crippen LogP contribution in [0.3, 0.4) is 0 Å². The summed E-state index contributed by atoms with van der Waals surface area (Å²) in [5, 5.41) is 0.0430. The zero-order valence-electron chi connectivity index (χ0n) is 19.9. The van der Waals surface area contributed by atoms with Gasteiger partial charge in [-0.15, -0.1) is 0 Å². The molecule has 8 heteroatoms. The Hall–Kier alpha value is -2.77. The Morgan fingerprint density at radius 1 is 1.09 bits per heavy atom. The van der Waals surface area contributed by atoms with E-state index in [1.165, 1.54) is 12.1 Å². The van der Waals surface area contributed by atoms with Crippen molar-refractivity contribution in [1.29, 1.82) is 0 Å². The minimum absolute atomic E-state index is 0.0430. The maximum Gasteiger partial charge on any atom is 0.400 e. The second-order valence-corrected chi connectivity index (χ2v) is 9.20. The van der Waals surface area contributed by atoms with E-state index in [0.29, 0.717) is 47.7 Å². The Kier molecular flexibility index (Phi) is 7.29. The molecule has 1 aromatic heterocycles. The first-order valence-corrected chi connectivity index (χ1v) is 12.0. The fraction of sp³-hybridized carbons (Fsp3) is 0.370. The molecular formula is C27H28ClF3N2O2. The lowest BCUT2D eigenvalue weighted by atomic mass is 9.93. The molecule has 186 valence electrons. The predicted molar refractivity (Wildman–Crippen MR) is 131 cm³/mol. The van der Waals surface area contributed by atoms with Crippen molar-refractivity contribution in [3.05, 3.63) is 75.7 Å². The van der Waals surface area contributed by atoms with E-state index in [2.05, 4.69) is 0 Å². The fourth-order valence-electron chi connectivity index (χ4n) is 4.10. The highest BCUT2D eigenvalue weighted by Crippen LogP contribution is 2.48. The van der Waals surface area contributed by atoms with E-state index in [0.717, 1.165) is 11.1 Å². The Bertz CT molecular complexity index is 1210. The molecule has 2 N–H and O–H groups in total. The van der Waals surface area contributed by atoms with Gasteiger partial charge in [-0.3, -0.25) is 0 Å². The quantitative estimate of drug-likeness (QED) is 0.340. The van der Waals surface area contributed by atoms with Crippen molar-refractivity contribution in [2.75, 3.05) is 13.2 Å². The number of aryl methyl sites for hydroxylation is 2. The van der Waals surface area contributed by atoms with E-state index in [-0.39, 0.29) is 29.1 Å². The van der Waals surface area contributed by atoms with Crippen molar-refractivity contribution >= 4 is 11.6 Å². The average Bonchev–Trinajstić information content (AvgIpc) is 3.67. The molecule has 0 saturated heterocycles. The number of pyridine rings is 1. The van der Waals surface area contributed by atoms with Gasteiger partial charge in [0, 0.05) is 18.0 Å². The molecule has 1 heterocycles. The van der Waals surface area contributed by atoms with Gasteiger partial charge in [0.1, 0.15) is 23.0 Å². The average molecular weight is 505 g/mol. The van der Waals surface area contributed by atoms with Gasteiger partial charge in [0.05, 0.1) is 23.2 Å². The van der Waals surface area contributed by atoms with E-state index in [4.69, 9.17) is 31.8 Å². The summed E-state index contributed by atoms with van der Waals surface area (Å²) in [5.41, 5.74) is 9.65. The van der Waals surface area contributed by atoms with Gasteiger partial charge in [-0.1, -0.05) is 35.9 Å². The monoisotopic (exact) mass is 504 g/mol. The van der Waals surface area contributed by atoms with Gasteiger partial charge in [0.2, 0.25) is 0 Å². The number of rotatable bonds is 9. The summed E-state index contributed by atoms with van der Waals surface area (Å²) in [6.07, 6.45) is -2.46.